The van der Waals surface area contributed by atoms with Crippen molar-refractivity contribution in [3.05, 3.63) is 58.3 Å². The Bertz CT molecular complexity index is 706. The predicted molar refractivity (Wildman–Crippen MR) is 75.7 cm³/mol. The highest BCUT2D eigenvalue weighted by atomic mass is 35.5. The van der Waals surface area contributed by atoms with Gasteiger partial charge < -0.3 is 5.32 Å². The van der Waals surface area contributed by atoms with Crippen LogP contribution in [0.2, 0.25) is 5.02 Å². The second-order valence-corrected chi connectivity index (χ2v) is 5.33. The second-order valence-electron chi connectivity index (χ2n) is 4.02. The summed E-state index contributed by atoms with van der Waals surface area (Å²) in [6, 6.07) is 6.86. The van der Waals surface area contributed by atoms with Crippen LogP contribution in [0.3, 0.4) is 0 Å². The second kappa shape index (κ2) is 5.03. The minimum Gasteiger partial charge on any atom is -0.346 e. The summed E-state index contributed by atoms with van der Waals surface area (Å²) in [6.45, 7) is 0.403. The third kappa shape index (κ3) is 2.62. The van der Waals surface area contributed by atoms with Crippen molar-refractivity contribution in [2.24, 2.45) is 0 Å². The highest BCUT2D eigenvalue weighted by molar-refractivity contribution is 7.15. The Morgan fingerprint density at radius 3 is 3.16 bits per heavy atom. The largest absolute Gasteiger partial charge is 0.346 e. The SMILES string of the molecule is O=C(NCc1cn2ccsc2n1)c1cccc(Cl)c1. The Morgan fingerprint density at radius 2 is 2.37 bits per heavy atom. The van der Waals surface area contributed by atoms with E-state index in [9.17, 15) is 4.79 Å². The first-order valence-electron chi connectivity index (χ1n) is 5.67. The van der Waals surface area contributed by atoms with Crippen LogP contribution in [0.15, 0.2) is 42.0 Å². The molecule has 2 aromatic heterocycles. The molecule has 3 aromatic rings. The summed E-state index contributed by atoms with van der Waals surface area (Å²) in [5, 5.41) is 5.34. The quantitative estimate of drug-likeness (QED) is 0.806. The lowest BCUT2D eigenvalue weighted by Gasteiger charge is -2.03. The molecule has 19 heavy (non-hydrogen) atoms. The molecule has 3 rings (SSSR count). The Kier molecular flexibility index (Phi) is 3.23. The molecular formula is C13H10ClN3OS. The molecule has 2 heterocycles. The highest BCUT2D eigenvalue weighted by Gasteiger charge is 2.07. The van der Waals surface area contributed by atoms with Gasteiger partial charge in [-0.15, -0.1) is 11.3 Å². The number of hydrogen-bond donors (Lipinski definition) is 1. The summed E-state index contributed by atoms with van der Waals surface area (Å²) in [4.78, 5) is 17.2. The average molecular weight is 292 g/mol. The van der Waals surface area contributed by atoms with Gasteiger partial charge in [0.05, 0.1) is 12.2 Å². The fraction of sp³-hybridized carbons (Fsp3) is 0.0769. The number of halogens is 1. The zero-order valence-electron chi connectivity index (χ0n) is 9.84. The van der Waals surface area contributed by atoms with Gasteiger partial charge in [-0.05, 0) is 18.2 Å². The van der Waals surface area contributed by atoms with E-state index in [1.807, 2.05) is 22.2 Å². The first-order chi connectivity index (χ1) is 9.22. The molecule has 0 aliphatic heterocycles. The number of imidazole rings is 1. The minimum absolute atomic E-state index is 0.154. The fourth-order valence-electron chi connectivity index (χ4n) is 1.76. The number of carbonyl (C=O) groups excluding carboxylic acids is 1. The van der Waals surface area contributed by atoms with E-state index in [0.29, 0.717) is 17.1 Å². The zero-order chi connectivity index (χ0) is 13.2. The van der Waals surface area contributed by atoms with Gasteiger partial charge in [0.25, 0.3) is 5.91 Å². The summed E-state index contributed by atoms with van der Waals surface area (Å²) >= 11 is 7.41. The minimum atomic E-state index is -0.154. The maximum absolute atomic E-state index is 11.9. The van der Waals surface area contributed by atoms with Crippen molar-refractivity contribution < 1.29 is 4.79 Å². The first kappa shape index (κ1) is 12.2. The van der Waals surface area contributed by atoms with Crippen LogP contribution in [0.25, 0.3) is 4.96 Å². The molecule has 1 N–H and O–H groups in total. The molecule has 0 bridgehead atoms. The lowest BCUT2D eigenvalue weighted by atomic mass is 10.2. The third-order valence-electron chi connectivity index (χ3n) is 2.66. The summed E-state index contributed by atoms with van der Waals surface area (Å²) in [7, 11) is 0. The van der Waals surface area contributed by atoms with Gasteiger partial charge in [-0.25, -0.2) is 4.98 Å². The van der Waals surface area contributed by atoms with Crippen molar-refractivity contribution in [3.8, 4) is 0 Å². The van der Waals surface area contributed by atoms with E-state index in [4.69, 9.17) is 11.6 Å². The number of benzene rings is 1. The fourth-order valence-corrected chi connectivity index (χ4v) is 2.67. The van der Waals surface area contributed by atoms with E-state index in [2.05, 4.69) is 10.3 Å². The predicted octanol–water partition coefficient (Wildman–Crippen LogP) is 2.98. The van der Waals surface area contributed by atoms with Crippen molar-refractivity contribution in [1.29, 1.82) is 0 Å². The third-order valence-corrected chi connectivity index (χ3v) is 3.67. The summed E-state index contributed by atoms with van der Waals surface area (Å²) in [5.74, 6) is -0.154. The van der Waals surface area contributed by atoms with Crippen LogP contribution in [-0.2, 0) is 6.54 Å². The monoisotopic (exact) mass is 291 g/mol. The molecule has 96 valence electrons. The van der Waals surface area contributed by atoms with E-state index in [-0.39, 0.29) is 5.91 Å². The van der Waals surface area contributed by atoms with Crippen LogP contribution < -0.4 is 5.32 Å². The number of rotatable bonds is 3. The number of aromatic nitrogens is 2. The van der Waals surface area contributed by atoms with Gasteiger partial charge in [-0.1, -0.05) is 17.7 Å². The number of hydrogen-bond acceptors (Lipinski definition) is 3. The van der Waals surface area contributed by atoms with Crippen LogP contribution >= 0.6 is 22.9 Å². The molecule has 0 saturated heterocycles. The van der Waals surface area contributed by atoms with E-state index < -0.39 is 0 Å². The van der Waals surface area contributed by atoms with Gasteiger partial charge in [0.2, 0.25) is 0 Å². The number of thiazole rings is 1. The van der Waals surface area contributed by atoms with Crippen molar-refractivity contribution in [2.75, 3.05) is 0 Å². The van der Waals surface area contributed by atoms with E-state index >= 15 is 0 Å². The maximum Gasteiger partial charge on any atom is 0.251 e. The lowest BCUT2D eigenvalue weighted by Crippen LogP contribution is -2.22. The highest BCUT2D eigenvalue weighted by Crippen LogP contribution is 2.12. The molecule has 1 amide bonds. The topological polar surface area (TPSA) is 46.4 Å². The van der Waals surface area contributed by atoms with Crippen LogP contribution in [-0.4, -0.2) is 15.3 Å². The Morgan fingerprint density at radius 1 is 1.47 bits per heavy atom. The number of fused-ring (bicyclic) bond motifs is 1. The zero-order valence-corrected chi connectivity index (χ0v) is 11.4. The standard InChI is InChI=1S/C13H10ClN3OS/c14-10-3-1-2-9(6-10)12(18)15-7-11-8-17-4-5-19-13(17)16-11/h1-6,8H,7H2,(H,15,18). The molecule has 0 atom stereocenters. The molecule has 0 aliphatic rings. The van der Waals surface area contributed by atoms with Gasteiger partial charge in [-0.2, -0.15) is 0 Å². The van der Waals surface area contributed by atoms with Crippen molar-refractivity contribution in [3.63, 3.8) is 0 Å². The smallest absolute Gasteiger partial charge is 0.251 e. The van der Waals surface area contributed by atoms with Crippen molar-refractivity contribution >= 4 is 33.8 Å². The molecule has 0 spiro atoms. The molecule has 0 fully saturated rings. The molecule has 1 aromatic carbocycles. The van der Waals surface area contributed by atoms with Gasteiger partial charge in [0.15, 0.2) is 4.96 Å². The number of amides is 1. The van der Waals surface area contributed by atoms with Crippen LogP contribution in [0.1, 0.15) is 16.1 Å². The summed E-state index contributed by atoms with van der Waals surface area (Å²) in [5.41, 5.74) is 1.38. The van der Waals surface area contributed by atoms with Gasteiger partial charge in [-0.3, -0.25) is 9.20 Å². The van der Waals surface area contributed by atoms with Gasteiger partial charge in [0.1, 0.15) is 0 Å². The molecule has 4 nitrogen and oxygen atoms in total. The molecule has 6 heteroatoms. The Balaban J connectivity index is 1.69. The van der Waals surface area contributed by atoms with E-state index in [1.165, 1.54) is 0 Å². The molecule has 0 aliphatic carbocycles. The maximum atomic E-state index is 11.9. The van der Waals surface area contributed by atoms with Crippen LogP contribution in [0.5, 0.6) is 0 Å². The normalized spacial score (nSPS) is 10.8. The van der Waals surface area contributed by atoms with Crippen molar-refractivity contribution in [1.82, 2.24) is 14.7 Å². The average Bonchev–Trinajstić information content (AvgIpc) is 2.96. The Labute approximate surface area is 118 Å². The van der Waals surface area contributed by atoms with Crippen LogP contribution in [0.4, 0.5) is 0 Å². The molecular weight excluding hydrogens is 282 g/mol. The van der Waals surface area contributed by atoms with Gasteiger partial charge >= 0.3 is 0 Å². The van der Waals surface area contributed by atoms with Gasteiger partial charge in [0, 0.05) is 28.4 Å². The summed E-state index contributed by atoms with van der Waals surface area (Å²) < 4.78 is 1.94. The van der Waals surface area contributed by atoms with Crippen LogP contribution in [0, 0.1) is 0 Å². The van der Waals surface area contributed by atoms with Crippen molar-refractivity contribution in [2.45, 2.75) is 6.54 Å². The molecule has 0 saturated carbocycles. The summed E-state index contributed by atoms with van der Waals surface area (Å²) in [6.07, 6.45) is 3.85. The molecule has 0 radical (unpaired) electrons. The Hall–Kier alpha value is -1.85. The number of nitrogens with zero attached hydrogens (tertiary/aromatic N) is 2. The van der Waals surface area contributed by atoms with E-state index in [1.54, 1.807) is 35.6 Å². The molecule has 0 unspecified atom stereocenters. The first-order valence-corrected chi connectivity index (χ1v) is 6.93. The van der Waals surface area contributed by atoms with E-state index in [0.717, 1.165) is 10.7 Å². The number of nitrogens with one attached hydrogen (secondary N) is 1. The number of carbonyl (C=O) groups is 1. The lowest BCUT2D eigenvalue weighted by molar-refractivity contribution is 0.0950.